The van der Waals surface area contributed by atoms with Gasteiger partial charge in [-0.15, -0.1) is 11.3 Å². The molecule has 0 aliphatic carbocycles. The van der Waals surface area contributed by atoms with Gasteiger partial charge in [-0.05, 0) is 41.3 Å². The van der Waals surface area contributed by atoms with E-state index < -0.39 is 18.5 Å². The van der Waals surface area contributed by atoms with Crippen LogP contribution in [0.3, 0.4) is 0 Å². The highest BCUT2D eigenvalue weighted by atomic mass is 35.5. The summed E-state index contributed by atoms with van der Waals surface area (Å²) < 4.78 is 19.0. The van der Waals surface area contributed by atoms with Crippen LogP contribution in [-0.4, -0.2) is 18.5 Å². The van der Waals surface area contributed by atoms with E-state index >= 15 is 0 Å². The average molecular weight is 378 g/mol. The Morgan fingerprint density at radius 1 is 1.16 bits per heavy atom. The van der Waals surface area contributed by atoms with E-state index in [1.807, 2.05) is 6.07 Å². The first-order valence-corrected chi connectivity index (χ1v) is 8.59. The first-order chi connectivity index (χ1) is 12.0. The number of carbonyl (C=O) groups excluding carboxylic acids is 2. The van der Waals surface area contributed by atoms with Crippen molar-refractivity contribution in [2.75, 3.05) is 6.61 Å². The highest BCUT2D eigenvalue weighted by Gasteiger charge is 2.14. The summed E-state index contributed by atoms with van der Waals surface area (Å²) in [6.45, 7) is -0.149. The van der Waals surface area contributed by atoms with Crippen molar-refractivity contribution in [2.24, 2.45) is 0 Å². The quantitative estimate of drug-likeness (QED) is 0.679. The van der Waals surface area contributed by atoms with E-state index in [9.17, 15) is 14.0 Å². The van der Waals surface area contributed by atoms with Gasteiger partial charge in [0.1, 0.15) is 10.7 Å². The minimum atomic E-state index is -0.616. The van der Waals surface area contributed by atoms with Crippen molar-refractivity contribution in [3.8, 4) is 0 Å². The van der Waals surface area contributed by atoms with Gasteiger partial charge < -0.3 is 10.1 Å². The number of benzene rings is 2. The van der Waals surface area contributed by atoms with Gasteiger partial charge in [-0.1, -0.05) is 29.8 Å². The molecule has 2 aromatic carbocycles. The lowest BCUT2D eigenvalue weighted by Gasteiger charge is -2.07. The second kappa shape index (κ2) is 7.63. The number of carbonyl (C=O) groups is 2. The number of amides is 1. The molecule has 0 unspecified atom stereocenters. The monoisotopic (exact) mass is 377 g/mol. The molecule has 7 heteroatoms. The molecule has 1 N–H and O–H groups in total. The molecule has 0 saturated heterocycles. The van der Waals surface area contributed by atoms with Crippen molar-refractivity contribution in [3.63, 3.8) is 0 Å². The molecule has 1 heterocycles. The van der Waals surface area contributed by atoms with Gasteiger partial charge >= 0.3 is 5.97 Å². The number of hydrogen-bond acceptors (Lipinski definition) is 4. The van der Waals surface area contributed by atoms with Crippen molar-refractivity contribution in [1.82, 2.24) is 5.32 Å². The first kappa shape index (κ1) is 17.4. The fourth-order valence-electron chi connectivity index (χ4n) is 2.20. The summed E-state index contributed by atoms with van der Waals surface area (Å²) in [5.74, 6) is -1.42. The average Bonchev–Trinajstić information content (AvgIpc) is 3.02. The lowest BCUT2D eigenvalue weighted by molar-refractivity contribution is -0.124. The van der Waals surface area contributed by atoms with Crippen LogP contribution in [-0.2, 0) is 16.1 Å². The van der Waals surface area contributed by atoms with Crippen LogP contribution >= 0.6 is 22.9 Å². The summed E-state index contributed by atoms with van der Waals surface area (Å²) >= 11 is 7.19. The van der Waals surface area contributed by atoms with Gasteiger partial charge in [0, 0.05) is 16.3 Å². The first-order valence-electron chi connectivity index (χ1n) is 7.39. The predicted octanol–water partition coefficient (Wildman–Crippen LogP) is 4.17. The zero-order valence-corrected chi connectivity index (χ0v) is 14.5. The highest BCUT2D eigenvalue weighted by molar-refractivity contribution is 7.20. The van der Waals surface area contributed by atoms with Crippen LogP contribution in [0, 0.1) is 5.82 Å². The van der Waals surface area contributed by atoms with Crippen LogP contribution in [0.5, 0.6) is 0 Å². The number of esters is 1. The summed E-state index contributed by atoms with van der Waals surface area (Å²) in [5, 5.41) is 3.81. The predicted molar refractivity (Wildman–Crippen MR) is 95.4 cm³/mol. The maximum absolute atomic E-state index is 13.2. The van der Waals surface area contributed by atoms with Crippen LogP contribution in [0.4, 0.5) is 4.39 Å². The van der Waals surface area contributed by atoms with Crippen molar-refractivity contribution in [1.29, 1.82) is 0 Å². The van der Waals surface area contributed by atoms with E-state index in [1.54, 1.807) is 30.3 Å². The smallest absolute Gasteiger partial charge is 0.348 e. The van der Waals surface area contributed by atoms with Gasteiger partial charge in [-0.25, -0.2) is 9.18 Å². The number of rotatable bonds is 5. The van der Waals surface area contributed by atoms with E-state index in [0.29, 0.717) is 15.3 Å². The van der Waals surface area contributed by atoms with Gasteiger partial charge in [0.05, 0.1) is 0 Å². The van der Waals surface area contributed by atoms with Gasteiger partial charge in [0.2, 0.25) is 0 Å². The Labute approximate surface area is 152 Å². The molecule has 128 valence electrons. The largest absolute Gasteiger partial charge is 0.451 e. The van der Waals surface area contributed by atoms with E-state index in [-0.39, 0.29) is 12.4 Å². The molecule has 1 aromatic heterocycles. The molecule has 3 aromatic rings. The Kier molecular flexibility index (Phi) is 5.31. The van der Waals surface area contributed by atoms with Crippen LogP contribution in [0.25, 0.3) is 10.1 Å². The van der Waals surface area contributed by atoms with Gasteiger partial charge in [0.15, 0.2) is 6.61 Å². The van der Waals surface area contributed by atoms with E-state index in [0.717, 1.165) is 10.3 Å². The standard InChI is InChI=1S/C18H13ClFNO3S/c19-14-4-2-1-3-11(14)9-21-17(22)10-24-18(23)16-8-12-7-13(20)5-6-15(12)25-16/h1-8H,9-10H2,(H,21,22). The van der Waals surface area contributed by atoms with E-state index in [2.05, 4.69) is 5.32 Å². The number of ether oxygens (including phenoxy) is 1. The van der Waals surface area contributed by atoms with Crippen LogP contribution in [0.2, 0.25) is 5.02 Å². The molecule has 4 nitrogen and oxygen atoms in total. The minimum Gasteiger partial charge on any atom is -0.451 e. The molecule has 0 atom stereocenters. The van der Waals surface area contributed by atoms with Crippen LogP contribution in [0.1, 0.15) is 15.2 Å². The molecule has 0 fully saturated rings. The van der Waals surface area contributed by atoms with Crippen molar-refractivity contribution in [3.05, 3.63) is 69.8 Å². The molecule has 0 radical (unpaired) electrons. The number of halogens is 2. The molecular weight excluding hydrogens is 365 g/mol. The third-order valence-corrected chi connectivity index (χ3v) is 4.91. The summed E-state index contributed by atoms with van der Waals surface area (Å²) in [4.78, 5) is 24.1. The summed E-state index contributed by atoms with van der Waals surface area (Å²) in [6.07, 6.45) is 0. The fourth-order valence-corrected chi connectivity index (χ4v) is 3.34. The van der Waals surface area contributed by atoms with Crippen molar-refractivity contribution in [2.45, 2.75) is 6.54 Å². The minimum absolute atomic E-state index is 0.248. The molecule has 0 spiro atoms. The maximum Gasteiger partial charge on any atom is 0.348 e. The Morgan fingerprint density at radius 2 is 1.96 bits per heavy atom. The van der Waals surface area contributed by atoms with Crippen molar-refractivity contribution >= 4 is 44.9 Å². The zero-order valence-electron chi connectivity index (χ0n) is 12.9. The Hall–Kier alpha value is -2.44. The molecular formula is C18H13ClFNO3S. The van der Waals surface area contributed by atoms with Crippen LogP contribution in [0.15, 0.2) is 48.5 Å². The summed E-state index contributed by atoms with van der Waals surface area (Å²) in [5.41, 5.74) is 0.773. The summed E-state index contributed by atoms with van der Waals surface area (Å²) in [7, 11) is 0. The molecule has 3 rings (SSSR count). The fraction of sp³-hybridized carbons (Fsp3) is 0.111. The molecule has 0 aliphatic rings. The second-order valence-corrected chi connectivity index (χ2v) is 6.73. The number of fused-ring (bicyclic) bond motifs is 1. The lowest BCUT2D eigenvalue weighted by atomic mass is 10.2. The molecule has 25 heavy (non-hydrogen) atoms. The third-order valence-electron chi connectivity index (χ3n) is 3.45. The number of thiophene rings is 1. The van der Waals surface area contributed by atoms with E-state index in [4.69, 9.17) is 16.3 Å². The zero-order chi connectivity index (χ0) is 17.8. The Morgan fingerprint density at radius 3 is 2.76 bits per heavy atom. The van der Waals surface area contributed by atoms with Gasteiger partial charge in [0.25, 0.3) is 5.91 Å². The lowest BCUT2D eigenvalue weighted by Crippen LogP contribution is -2.28. The van der Waals surface area contributed by atoms with Crippen LogP contribution < -0.4 is 5.32 Å². The SMILES string of the molecule is O=C(COC(=O)c1cc2cc(F)ccc2s1)NCc1ccccc1Cl. The van der Waals surface area contributed by atoms with Gasteiger partial charge in [-0.3, -0.25) is 4.79 Å². The highest BCUT2D eigenvalue weighted by Crippen LogP contribution is 2.26. The molecule has 0 saturated carbocycles. The molecule has 1 amide bonds. The topological polar surface area (TPSA) is 55.4 Å². The summed E-state index contributed by atoms with van der Waals surface area (Å²) in [6, 6.07) is 13.0. The molecule has 0 bridgehead atoms. The molecule has 0 aliphatic heterocycles. The van der Waals surface area contributed by atoms with E-state index in [1.165, 1.54) is 23.5 Å². The Balaban J connectivity index is 1.54. The van der Waals surface area contributed by atoms with Gasteiger partial charge in [-0.2, -0.15) is 0 Å². The third kappa shape index (κ3) is 4.35. The number of nitrogens with one attached hydrogen (secondary N) is 1. The number of hydrogen-bond donors (Lipinski definition) is 1. The Bertz CT molecular complexity index is 941. The maximum atomic E-state index is 13.2. The van der Waals surface area contributed by atoms with Crippen molar-refractivity contribution < 1.29 is 18.7 Å². The second-order valence-electron chi connectivity index (χ2n) is 5.24. The normalized spacial score (nSPS) is 10.6.